The largest absolute Gasteiger partial charge is 0.332 e. The van der Waals surface area contributed by atoms with Crippen molar-refractivity contribution >= 4 is 5.91 Å². The summed E-state index contributed by atoms with van der Waals surface area (Å²) in [5.74, 6) is -3.97. The van der Waals surface area contributed by atoms with Crippen LogP contribution in [-0.4, -0.2) is 31.8 Å². The molecular weight excluding hydrogens is 433 g/mol. The number of carbonyl (C=O) groups is 1. The Labute approximate surface area is 179 Å². The molecule has 0 saturated heterocycles. The minimum Gasteiger partial charge on any atom is -0.332 e. The van der Waals surface area contributed by atoms with Gasteiger partial charge in [0.25, 0.3) is 6.43 Å². The number of fused-ring (bicyclic) bond motifs is 3. The molecule has 168 valence electrons. The van der Waals surface area contributed by atoms with Gasteiger partial charge in [0.15, 0.2) is 17.3 Å². The van der Waals surface area contributed by atoms with E-state index in [2.05, 4.69) is 10.3 Å². The van der Waals surface area contributed by atoms with Crippen LogP contribution in [0.2, 0.25) is 0 Å². The fraction of sp³-hybridized carbons (Fsp3) is 0.286. The number of para-hydroxylation sites is 1. The molecule has 32 heavy (non-hydrogen) atoms. The van der Waals surface area contributed by atoms with Crippen molar-refractivity contribution in [2.75, 3.05) is 0 Å². The number of alkyl halides is 2. The summed E-state index contributed by atoms with van der Waals surface area (Å²) in [6, 6.07) is 7.11. The Morgan fingerprint density at radius 2 is 1.78 bits per heavy atom. The van der Waals surface area contributed by atoms with Gasteiger partial charge in [-0.15, -0.1) is 5.10 Å². The molecule has 4 rings (SSSR count). The molecule has 1 atom stereocenters. The number of nitrogens with two attached hydrogens (primary N) is 1. The predicted molar refractivity (Wildman–Crippen MR) is 103 cm³/mol. The maximum Gasteiger partial charge on any atom is 0.284 e. The number of hydrogen-bond donors (Lipinski definition) is 1. The van der Waals surface area contributed by atoms with E-state index in [0.29, 0.717) is 23.4 Å². The molecule has 1 aromatic heterocycles. The van der Waals surface area contributed by atoms with Crippen molar-refractivity contribution < 1.29 is 26.7 Å². The number of nitrogens with zero attached hydrogens (tertiary/aromatic N) is 4. The van der Waals surface area contributed by atoms with Crippen LogP contribution in [0.5, 0.6) is 0 Å². The van der Waals surface area contributed by atoms with Gasteiger partial charge in [-0.1, -0.05) is 23.4 Å². The van der Waals surface area contributed by atoms with Gasteiger partial charge in [-0.25, -0.2) is 26.6 Å². The maximum atomic E-state index is 13.9. The van der Waals surface area contributed by atoms with Crippen LogP contribution < -0.4 is 5.73 Å². The Balaban J connectivity index is 1.56. The lowest BCUT2D eigenvalue weighted by Crippen LogP contribution is -2.36. The molecule has 1 amide bonds. The zero-order valence-electron chi connectivity index (χ0n) is 16.6. The predicted octanol–water partition coefficient (Wildman–Crippen LogP) is 3.42. The zero-order chi connectivity index (χ0) is 23.0. The summed E-state index contributed by atoms with van der Waals surface area (Å²) >= 11 is 0. The van der Waals surface area contributed by atoms with Crippen LogP contribution in [0.1, 0.15) is 35.4 Å². The van der Waals surface area contributed by atoms with E-state index >= 15 is 0 Å². The van der Waals surface area contributed by atoms with Gasteiger partial charge in [0.1, 0.15) is 5.82 Å². The Kier molecular flexibility index (Phi) is 5.92. The van der Waals surface area contributed by atoms with Crippen molar-refractivity contribution in [3.63, 3.8) is 0 Å². The lowest BCUT2D eigenvalue weighted by molar-refractivity contribution is -0.132. The Morgan fingerprint density at radius 1 is 1.06 bits per heavy atom. The van der Waals surface area contributed by atoms with Crippen LogP contribution >= 0.6 is 0 Å². The maximum absolute atomic E-state index is 13.9. The molecule has 0 radical (unpaired) electrons. The molecule has 1 aliphatic heterocycles. The fourth-order valence-electron chi connectivity index (χ4n) is 3.72. The third kappa shape index (κ3) is 4.20. The van der Waals surface area contributed by atoms with E-state index in [4.69, 9.17) is 5.73 Å². The first kappa shape index (κ1) is 21.9. The van der Waals surface area contributed by atoms with Crippen LogP contribution in [0.25, 0.3) is 5.69 Å². The van der Waals surface area contributed by atoms with Crippen LogP contribution in [0.3, 0.4) is 0 Å². The first-order valence-electron chi connectivity index (χ1n) is 9.72. The second-order valence-corrected chi connectivity index (χ2v) is 7.54. The summed E-state index contributed by atoms with van der Waals surface area (Å²) in [6.07, 6.45) is -3.34. The number of amides is 1. The van der Waals surface area contributed by atoms with Gasteiger partial charge < -0.3 is 10.6 Å². The first-order valence-corrected chi connectivity index (χ1v) is 9.72. The van der Waals surface area contributed by atoms with Gasteiger partial charge in [-0.2, -0.15) is 0 Å². The van der Waals surface area contributed by atoms with Crippen molar-refractivity contribution in [1.82, 2.24) is 19.9 Å². The molecule has 1 aliphatic rings. The number of carbonyl (C=O) groups excluding carboxylic acids is 1. The van der Waals surface area contributed by atoms with E-state index < -0.39 is 41.5 Å². The van der Waals surface area contributed by atoms with E-state index in [9.17, 15) is 26.7 Å². The second kappa shape index (κ2) is 8.65. The molecular formula is C21H18F5N5O. The number of halogens is 5. The van der Waals surface area contributed by atoms with Crippen LogP contribution in [-0.2, 0) is 24.3 Å². The number of aromatic nitrogens is 3. The average molecular weight is 451 g/mol. The van der Waals surface area contributed by atoms with E-state index in [1.165, 1.54) is 9.58 Å². The minimum absolute atomic E-state index is 0.0820. The second-order valence-electron chi connectivity index (χ2n) is 7.54. The highest BCUT2D eigenvalue weighted by molar-refractivity contribution is 5.77. The zero-order valence-corrected chi connectivity index (χ0v) is 16.6. The Morgan fingerprint density at radius 3 is 2.53 bits per heavy atom. The van der Waals surface area contributed by atoms with Gasteiger partial charge >= 0.3 is 0 Å². The molecule has 0 bridgehead atoms. The van der Waals surface area contributed by atoms with Gasteiger partial charge in [0.05, 0.1) is 17.9 Å². The van der Waals surface area contributed by atoms with E-state index in [1.54, 1.807) is 24.3 Å². The van der Waals surface area contributed by atoms with E-state index in [1.807, 2.05) is 0 Å². The summed E-state index contributed by atoms with van der Waals surface area (Å²) in [7, 11) is 0. The molecule has 1 unspecified atom stereocenters. The van der Waals surface area contributed by atoms with Gasteiger partial charge in [-0.05, 0) is 29.7 Å². The summed E-state index contributed by atoms with van der Waals surface area (Å²) in [5, 5.41) is 7.40. The molecule has 6 nitrogen and oxygen atoms in total. The Bertz CT molecular complexity index is 1170. The minimum atomic E-state index is -2.88. The lowest BCUT2D eigenvalue weighted by atomic mass is 10.0. The standard InChI is InChI=1S/C21H18F5N5O/c22-14-8-16(24)15(23)6-12(14)5-13(27)7-19(32)30-9-11-3-1-2-4-17(11)31-18(10-30)20(21(25)26)28-29-31/h1-4,6,8,13,21H,5,7,9-10,27H2. The molecule has 0 aliphatic carbocycles. The summed E-state index contributed by atoms with van der Waals surface area (Å²) < 4.78 is 68.6. The fourth-order valence-corrected chi connectivity index (χ4v) is 3.72. The van der Waals surface area contributed by atoms with Crippen molar-refractivity contribution in [2.24, 2.45) is 5.73 Å². The van der Waals surface area contributed by atoms with Gasteiger partial charge in [0.2, 0.25) is 5.91 Å². The third-order valence-electron chi connectivity index (χ3n) is 5.28. The summed E-state index contributed by atoms with van der Waals surface area (Å²) in [4.78, 5) is 14.3. The SMILES string of the molecule is NC(CC(=O)N1Cc2ccccc2-n2nnc(C(F)F)c2C1)Cc1cc(F)c(F)cc1F. The van der Waals surface area contributed by atoms with Crippen molar-refractivity contribution in [2.45, 2.75) is 38.4 Å². The van der Waals surface area contributed by atoms with Crippen LogP contribution in [0.4, 0.5) is 22.0 Å². The molecule has 0 spiro atoms. The highest BCUT2D eigenvalue weighted by atomic mass is 19.3. The van der Waals surface area contributed by atoms with Crippen molar-refractivity contribution in [1.29, 1.82) is 0 Å². The number of benzene rings is 2. The van der Waals surface area contributed by atoms with Crippen molar-refractivity contribution in [3.05, 3.63) is 76.4 Å². The topological polar surface area (TPSA) is 77.0 Å². The van der Waals surface area contributed by atoms with Crippen molar-refractivity contribution in [3.8, 4) is 5.69 Å². The molecule has 2 N–H and O–H groups in total. The normalized spacial score (nSPS) is 14.2. The monoisotopic (exact) mass is 451 g/mol. The van der Waals surface area contributed by atoms with Gasteiger partial charge in [-0.3, -0.25) is 4.79 Å². The number of hydrogen-bond acceptors (Lipinski definition) is 4. The molecule has 11 heteroatoms. The van der Waals surface area contributed by atoms with Crippen LogP contribution in [0.15, 0.2) is 36.4 Å². The molecule has 0 fully saturated rings. The van der Waals surface area contributed by atoms with E-state index in [0.717, 1.165) is 0 Å². The average Bonchev–Trinajstić information content (AvgIpc) is 3.08. The van der Waals surface area contributed by atoms with Gasteiger partial charge in [0, 0.05) is 25.1 Å². The third-order valence-corrected chi connectivity index (χ3v) is 5.28. The molecule has 2 heterocycles. The number of rotatable bonds is 5. The molecule has 0 saturated carbocycles. The summed E-state index contributed by atoms with van der Waals surface area (Å²) in [5.41, 5.74) is 6.58. The molecule has 3 aromatic rings. The van der Waals surface area contributed by atoms with E-state index in [-0.39, 0.29) is 37.2 Å². The summed E-state index contributed by atoms with van der Waals surface area (Å²) in [6.45, 7) is -0.0558. The van der Waals surface area contributed by atoms with Crippen LogP contribution in [0, 0.1) is 17.5 Å². The first-order chi connectivity index (χ1) is 15.2. The quantitative estimate of drug-likeness (QED) is 0.477. The highest BCUT2D eigenvalue weighted by Crippen LogP contribution is 2.29. The highest BCUT2D eigenvalue weighted by Gasteiger charge is 2.30. The smallest absolute Gasteiger partial charge is 0.284 e. The Hall–Kier alpha value is -3.34. The molecule has 2 aromatic carbocycles. The lowest BCUT2D eigenvalue weighted by Gasteiger charge is -2.23.